The Bertz CT molecular complexity index is 906. The van der Waals surface area contributed by atoms with Gasteiger partial charge in [0.15, 0.2) is 10.9 Å². The molecule has 3 aromatic rings. The van der Waals surface area contributed by atoms with Crippen molar-refractivity contribution in [1.82, 2.24) is 25.0 Å². The molecule has 27 heavy (non-hydrogen) atoms. The Hall–Kier alpha value is -3.07. The Morgan fingerprint density at radius 2 is 1.93 bits per heavy atom. The summed E-state index contributed by atoms with van der Waals surface area (Å²) in [6.07, 6.45) is 1.57. The summed E-state index contributed by atoms with van der Waals surface area (Å²) in [5.41, 5.74) is 0.861. The summed E-state index contributed by atoms with van der Waals surface area (Å²) in [4.78, 5) is 25.0. The highest BCUT2D eigenvalue weighted by atomic mass is 32.2. The van der Waals surface area contributed by atoms with Gasteiger partial charge in [-0.15, -0.1) is 10.2 Å². The van der Waals surface area contributed by atoms with Gasteiger partial charge in [-0.25, -0.2) is 0 Å². The van der Waals surface area contributed by atoms with Crippen molar-refractivity contribution in [3.05, 3.63) is 48.7 Å². The fraction of sp³-hybridized carbons (Fsp3) is 0.222. The van der Waals surface area contributed by atoms with E-state index in [0.717, 1.165) is 5.69 Å². The zero-order valence-electron chi connectivity index (χ0n) is 15.0. The van der Waals surface area contributed by atoms with E-state index in [0.29, 0.717) is 16.7 Å². The summed E-state index contributed by atoms with van der Waals surface area (Å²) < 4.78 is 7.29. The predicted octanol–water partition coefficient (Wildman–Crippen LogP) is 1.82. The first-order chi connectivity index (χ1) is 13.1. The Morgan fingerprint density at radius 3 is 2.59 bits per heavy atom. The van der Waals surface area contributed by atoms with Gasteiger partial charge in [0.1, 0.15) is 0 Å². The molecule has 140 valence electrons. The van der Waals surface area contributed by atoms with Crippen molar-refractivity contribution in [3.8, 4) is 17.3 Å². The number of rotatable bonds is 7. The van der Waals surface area contributed by atoms with Gasteiger partial charge in [0.05, 0.1) is 18.6 Å². The number of para-hydroxylation sites is 1. The van der Waals surface area contributed by atoms with Gasteiger partial charge in [-0.05, 0) is 24.3 Å². The van der Waals surface area contributed by atoms with Crippen molar-refractivity contribution < 1.29 is 14.0 Å². The smallest absolute Gasteiger partial charge is 0.241 e. The van der Waals surface area contributed by atoms with E-state index in [9.17, 15) is 9.59 Å². The highest BCUT2D eigenvalue weighted by Gasteiger charge is 2.19. The maximum absolute atomic E-state index is 12.0. The predicted molar refractivity (Wildman–Crippen MR) is 101 cm³/mol. The Labute approximate surface area is 160 Å². The zero-order valence-corrected chi connectivity index (χ0v) is 15.8. The number of likely N-dealkylation sites (N-methyl/N-ethyl adjacent to an activating group) is 1. The van der Waals surface area contributed by atoms with Crippen LogP contribution in [0.4, 0.5) is 0 Å². The van der Waals surface area contributed by atoms with Crippen molar-refractivity contribution >= 4 is 23.6 Å². The third-order valence-electron chi connectivity index (χ3n) is 3.66. The van der Waals surface area contributed by atoms with E-state index >= 15 is 0 Å². The summed E-state index contributed by atoms with van der Waals surface area (Å²) in [5.74, 6) is 0.832. The molecule has 0 spiro atoms. The lowest BCUT2D eigenvalue weighted by Crippen LogP contribution is -2.37. The molecule has 2 heterocycles. The molecule has 0 unspecified atom stereocenters. The lowest BCUT2D eigenvalue weighted by Gasteiger charge is -2.11. The molecule has 0 fully saturated rings. The molecule has 0 saturated heterocycles. The number of carbonyl (C=O) groups is 2. The van der Waals surface area contributed by atoms with E-state index in [1.54, 1.807) is 32.5 Å². The van der Waals surface area contributed by atoms with Crippen LogP contribution in [-0.4, -0.2) is 57.9 Å². The number of thioether (sulfide) groups is 1. The molecular weight excluding hydrogens is 366 g/mol. The van der Waals surface area contributed by atoms with Crippen LogP contribution < -0.4 is 5.32 Å². The van der Waals surface area contributed by atoms with Gasteiger partial charge in [0.2, 0.25) is 17.6 Å². The molecule has 0 saturated carbocycles. The second-order valence-corrected chi connectivity index (χ2v) is 6.75. The van der Waals surface area contributed by atoms with Crippen molar-refractivity contribution in [2.24, 2.45) is 0 Å². The molecule has 1 aromatic carbocycles. The SMILES string of the molecule is CN(C)C(=O)CNC(=O)CSc1nnc(-c2ccco2)n1-c1ccccc1. The largest absolute Gasteiger partial charge is 0.461 e. The third-order valence-corrected chi connectivity index (χ3v) is 4.59. The van der Waals surface area contributed by atoms with E-state index in [2.05, 4.69) is 15.5 Å². The molecule has 0 aliphatic heterocycles. The van der Waals surface area contributed by atoms with Gasteiger partial charge in [-0.2, -0.15) is 0 Å². The first kappa shape index (κ1) is 18.7. The van der Waals surface area contributed by atoms with E-state index in [1.807, 2.05) is 34.9 Å². The van der Waals surface area contributed by atoms with Crippen LogP contribution in [0, 0.1) is 0 Å². The minimum Gasteiger partial charge on any atom is -0.461 e. The molecule has 9 heteroatoms. The highest BCUT2D eigenvalue weighted by Crippen LogP contribution is 2.27. The summed E-state index contributed by atoms with van der Waals surface area (Å²) in [6, 6.07) is 13.2. The number of benzene rings is 1. The molecule has 3 rings (SSSR count). The lowest BCUT2D eigenvalue weighted by atomic mass is 10.3. The van der Waals surface area contributed by atoms with Crippen LogP contribution >= 0.6 is 11.8 Å². The lowest BCUT2D eigenvalue weighted by molar-refractivity contribution is -0.130. The normalized spacial score (nSPS) is 10.6. The second kappa shape index (κ2) is 8.54. The summed E-state index contributed by atoms with van der Waals surface area (Å²) in [6.45, 7) is -0.0323. The molecule has 8 nitrogen and oxygen atoms in total. The quantitative estimate of drug-likeness (QED) is 0.624. The van der Waals surface area contributed by atoms with Crippen LogP contribution in [0.25, 0.3) is 17.3 Å². The minimum absolute atomic E-state index is 0.0323. The van der Waals surface area contributed by atoms with Crippen molar-refractivity contribution in [2.75, 3.05) is 26.4 Å². The molecule has 0 atom stereocenters. The minimum atomic E-state index is -0.252. The van der Waals surface area contributed by atoms with Crippen molar-refractivity contribution in [2.45, 2.75) is 5.16 Å². The number of aromatic nitrogens is 3. The van der Waals surface area contributed by atoms with Gasteiger partial charge in [-0.1, -0.05) is 30.0 Å². The van der Waals surface area contributed by atoms with E-state index < -0.39 is 0 Å². The topological polar surface area (TPSA) is 93.3 Å². The second-order valence-electron chi connectivity index (χ2n) is 5.81. The maximum atomic E-state index is 12.0. The number of hydrogen-bond donors (Lipinski definition) is 1. The Kier molecular flexibility index (Phi) is 5.92. The van der Waals surface area contributed by atoms with Gasteiger partial charge in [-0.3, -0.25) is 14.2 Å². The van der Waals surface area contributed by atoms with Gasteiger partial charge < -0.3 is 14.6 Å². The maximum Gasteiger partial charge on any atom is 0.241 e. The van der Waals surface area contributed by atoms with Crippen LogP contribution in [0.15, 0.2) is 58.3 Å². The van der Waals surface area contributed by atoms with Crippen molar-refractivity contribution in [1.29, 1.82) is 0 Å². The highest BCUT2D eigenvalue weighted by molar-refractivity contribution is 7.99. The average molecular weight is 385 g/mol. The van der Waals surface area contributed by atoms with E-state index in [1.165, 1.54) is 16.7 Å². The summed E-state index contributed by atoms with van der Waals surface area (Å²) >= 11 is 1.24. The number of nitrogens with zero attached hydrogens (tertiary/aromatic N) is 4. The van der Waals surface area contributed by atoms with Crippen LogP contribution in [-0.2, 0) is 9.59 Å². The van der Waals surface area contributed by atoms with Gasteiger partial charge in [0, 0.05) is 19.8 Å². The fourth-order valence-electron chi connectivity index (χ4n) is 2.25. The zero-order chi connectivity index (χ0) is 19.2. The number of carbonyl (C=O) groups excluding carboxylic acids is 2. The third kappa shape index (κ3) is 4.56. The first-order valence-corrected chi connectivity index (χ1v) is 9.19. The molecule has 1 N–H and O–H groups in total. The van der Waals surface area contributed by atoms with E-state index in [-0.39, 0.29) is 24.1 Å². The first-order valence-electron chi connectivity index (χ1n) is 8.20. The van der Waals surface area contributed by atoms with Gasteiger partial charge in [0.25, 0.3) is 0 Å². The van der Waals surface area contributed by atoms with Crippen LogP contribution in [0.3, 0.4) is 0 Å². The fourth-order valence-corrected chi connectivity index (χ4v) is 3.03. The monoisotopic (exact) mass is 385 g/mol. The number of hydrogen-bond acceptors (Lipinski definition) is 6. The summed E-state index contributed by atoms with van der Waals surface area (Å²) in [7, 11) is 3.28. The van der Waals surface area contributed by atoms with Gasteiger partial charge >= 0.3 is 0 Å². The molecule has 0 aliphatic rings. The molecule has 2 amide bonds. The molecule has 0 radical (unpaired) electrons. The molecule has 2 aromatic heterocycles. The molecular formula is C18H19N5O3S. The number of amides is 2. The van der Waals surface area contributed by atoms with Crippen LogP contribution in [0.2, 0.25) is 0 Å². The average Bonchev–Trinajstić information content (AvgIpc) is 3.34. The molecule has 0 aliphatic carbocycles. The van der Waals surface area contributed by atoms with Crippen molar-refractivity contribution in [3.63, 3.8) is 0 Å². The summed E-state index contributed by atoms with van der Waals surface area (Å²) in [5, 5.41) is 11.6. The number of nitrogens with one attached hydrogen (secondary N) is 1. The Morgan fingerprint density at radius 1 is 1.15 bits per heavy atom. The number of furan rings is 1. The molecule has 0 bridgehead atoms. The van der Waals surface area contributed by atoms with Crippen LogP contribution in [0.1, 0.15) is 0 Å². The van der Waals surface area contributed by atoms with Crippen LogP contribution in [0.5, 0.6) is 0 Å². The van der Waals surface area contributed by atoms with E-state index in [4.69, 9.17) is 4.42 Å². The standard InChI is InChI=1S/C18H19N5O3S/c1-22(2)16(25)11-19-15(24)12-27-18-21-20-17(14-9-6-10-26-14)23(18)13-7-4-3-5-8-13/h3-10H,11-12H2,1-2H3,(H,19,24). The Balaban J connectivity index is 1.76.